The van der Waals surface area contributed by atoms with Crippen molar-refractivity contribution in [1.29, 1.82) is 0 Å². The molecule has 1 aromatic carbocycles. The van der Waals surface area contributed by atoms with Crippen molar-refractivity contribution >= 4 is 28.9 Å². The molecule has 0 fully saturated rings. The number of anilines is 1. The van der Waals surface area contributed by atoms with Crippen LogP contribution in [0.4, 0.5) is 10.1 Å². The zero-order chi connectivity index (χ0) is 20.1. The topological polar surface area (TPSA) is 48.4 Å². The van der Waals surface area contributed by atoms with Crippen molar-refractivity contribution in [1.82, 2.24) is 10.3 Å². The lowest BCUT2D eigenvalue weighted by Crippen LogP contribution is -2.20. The number of hydrogen-bond donors (Lipinski definition) is 2. The van der Waals surface area contributed by atoms with Crippen molar-refractivity contribution < 1.29 is 9.50 Å². The van der Waals surface area contributed by atoms with E-state index in [9.17, 15) is 9.50 Å². The first kappa shape index (κ1) is 21.7. The number of rotatable bonds is 8. The Bertz CT molecular complexity index is 795. The Morgan fingerprint density at radius 3 is 2.56 bits per heavy atom. The monoisotopic (exact) mass is 413 g/mol. The van der Waals surface area contributed by atoms with Crippen LogP contribution in [0.1, 0.15) is 38.3 Å². The Hall–Kier alpha value is -1.56. The van der Waals surface area contributed by atoms with E-state index in [-0.39, 0.29) is 21.7 Å². The number of hydrogen-bond acceptors (Lipinski definition) is 4. The van der Waals surface area contributed by atoms with Gasteiger partial charge in [-0.15, -0.1) is 0 Å². The van der Waals surface area contributed by atoms with Crippen LogP contribution < -0.4 is 10.2 Å². The van der Waals surface area contributed by atoms with Gasteiger partial charge in [0, 0.05) is 37.3 Å². The van der Waals surface area contributed by atoms with Gasteiger partial charge in [0.2, 0.25) is 0 Å². The van der Waals surface area contributed by atoms with Gasteiger partial charge in [-0.3, -0.25) is 0 Å². The molecule has 0 aliphatic heterocycles. The minimum atomic E-state index is -0.606. The van der Waals surface area contributed by atoms with Gasteiger partial charge in [0.1, 0.15) is 11.5 Å². The fourth-order valence-corrected chi connectivity index (χ4v) is 3.47. The van der Waals surface area contributed by atoms with E-state index in [1.807, 2.05) is 32.0 Å². The summed E-state index contributed by atoms with van der Waals surface area (Å²) >= 11 is 12.3. The maximum atomic E-state index is 13.7. The zero-order valence-corrected chi connectivity index (χ0v) is 17.6. The fourth-order valence-electron chi connectivity index (χ4n) is 3.06. The Kier molecular flexibility index (Phi) is 7.71. The number of nitrogens with one attached hydrogen (secondary N) is 1. The molecule has 1 heterocycles. The average molecular weight is 414 g/mol. The molecule has 0 saturated heterocycles. The van der Waals surface area contributed by atoms with Crippen LogP contribution in [0, 0.1) is 5.82 Å². The maximum Gasteiger partial charge on any atom is 0.165 e. The molecule has 0 bridgehead atoms. The second-order valence-electron chi connectivity index (χ2n) is 6.54. The van der Waals surface area contributed by atoms with Gasteiger partial charge in [-0.1, -0.05) is 36.5 Å². The van der Waals surface area contributed by atoms with Gasteiger partial charge in [0.05, 0.1) is 15.7 Å². The molecule has 1 atom stereocenters. The number of aromatic hydroxyl groups is 1. The molecule has 2 aromatic rings. The largest absolute Gasteiger partial charge is 0.504 e. The highest BCUT2D eigenvalue weighted by molar-refractivity contribution is 6.43. The highest BCUT2D eigenvalue weighted by Crippen LogP contribution is 2.43. The summed E-state index contributed by atoms with van der Waals surface area (Å²) < 4.78 is 13.7. The van der Waals surface area contributed by atoms with Crippen molar-refractivity contribution in [3.8, 4) is 17.0 Å². The maximum absolute atomic E-state index is 13.7. The molecule has 0 aliphatic rings. The van der Waals surface area contributed by atoms with Crippen LogP contribution in [0.3, 0.4) is 0 Å². The van der Waals surface area contributed by atoms with E-state index in [1.165, 1.54) is 12.1 Å². The van der Waals surface area contributed by atoms with Crippen molar-refractivity contribution in [3.63, 3.8) is 0 Å². The lowest BCUT2D eigenvalue weighted by Gasteiger charge is -2.24. The van der Waals surface area contributed by atoms with Gasteiger partial charge >= 0.3 is 0 Å². The number of benzene rings is 1. The van der Waals surface area contributed by atoms with Crippen LogP contribution in [0.15, 0.2) is 18.2 Å². The van der Waals surface area contributed by atoms with Crippen LogP contribution in [0.2, 0.25) is 10.0 Å². The highest BCUT2D eigenvalue weighted by Gasteiger charge is 2.23. The van der Waals surface area contributed by atoms with Crippen LogP contribution in [-0.4, -0.2) is 37.3 Å². The van der Waals surface area contributed by atoms with Crippen LogP contribution in [0.25, 0.3) is 11.3 Å². The quantitative estimate of drug-likeness (QED) is 0.564. The van der Waals surface area contributed by atoms with E-state index in [4.69, 9.17) is 28.2 Å². The lowest BCUT2D eigenvalue weighted by atomic mass is 9.97. The van der Waals surface area contributed by atoms with E-state index in [0.29, 0.717) is 23.5 Å². The van der Waals surface area contributed by atoms with Gasteiger partial charge in [0.15, 0.2) is 5.75 Å². The van der Waals surface area contributed by atoms with Gasteiger partial charge in [-0.25, -0.2) is 9.37 Å². The first-order valence-electron chi connectivity index (χ1n) is 9.09. The van der Waals surface area contributed by atoms with E-state index < -0.39 is 5.82 Å². The molecule has 148 valence electrons. The standard InChI is InChI=1S/C20H26Cl2FN3O/c1-5-7-12(11-24-3)15-10-16(26(4)6-2)20(27)19(25-15)13-8-9-14(23)18(22)17(13)21/h8-10,12,24,27H,5-7,11H2,1-4H3. The minimum absolute atomic E-state index is 0.00683. The van der Waals surface area contributed by atoms with E-state index in [2.05, 4.69) is 12.2 Å². The van der Waals surface area contributed by atoms with E-state index >= 15 is 0 Å². The van der Waals surface area contributed by atoms with Gasteiger partial charge in [-0.05, 0) is 38.6 Å². The summed E-state index contributed by atoms with van der Waals surface area (Å²) in [7, 11) is 3.80. The Morgan fingerprint density at radius 1 is 1.26 bits per heavy atom. The molecule has 1 unspecified atom stereocenters. The Balaban J connectivity index is 2.72. The fraction of sp³-hybridized carbons (Fsp3) is 0.450. The van der Waals surface area contributed by atoms with Crippen LogP contribution in [-0.2, 0) is 0 Å². The molecule has 4 nitrogen and oxygen atoms in total. The number of likely N-dealkylation sites (N-methyl/N-ethyl adjacent to an activating group) is 1. The first-order valence-corrected chi connectivity index (χ1v) is 9.84. The molecule has 2 N–H and O–H groups in total. The summed E-state index contributed by atoms with van der Waals surface area (Å²) in [5.74, 6) is -0.420. The average Bonchev–Trinajstić information content (AvgIpc) is 2.66. The van der Waals surface area contributed by atoms with Gasteiger partial charge in [0.25, 0.3) is 0 Å². The number of nitrogens with zero attached hydrogens (tertiary/aromatic N) is 2. The number of pyridine rings is 1. The Morgan fingerprint density at radius 2 is 1.96 bits per heavy atom. The van der Waals surface area contributed by atoms with Gasteiger partial charge < -0.3 is 15.3 Å². The van der Waals surface area contributed by atoms with Crippen LogP contribution >= 0.6 is 23.2 Å². The molecular formula is C20H26Cl2FN3O. The number of halogens is 3. The predicted octanol–water partition coefficient (Wildman–Crippen LogP) is 5.46. The molecule has 1 aromatic heterocycles. The molecule has 0 aliphatic carbocycles. The summed E-state index contributed by atoms with van der Waals surface area (Å²) in [6, 6.07) is 4.65. The molecular weight excluding hydrogens is 388 g/mol. The minimum Gasteiger partial charge on any atom is -0.504 e. The van der Waals surface area contributed by atoms with E-state index in [0.717, 1.165) is 25.1 Å². The molecule has 27 heavy (non-hydrogen) atoms. The van der Waals surface area contributed by atoms with Crippen molar-refractivity contribution in [2.45, 2.75) is 32.6 Å². The molecule has 7 heteroatoms. The summed E-state index contributed by atoms with van der Waals surface area (Å²) in [6.07, 6.45) is 1.96. The second-order valence-corrected chi connectivity index (χ2v) is 7.30. The number of aromatic nitrogens is 1. The van der Waals surface area contributed by atoms with Crippen molar-refractivity contribution in [2.75, 3.05) is 32.1 Å². The first-order chi connectivity index (χ1) is 12.8. The van der Waals surface area contributed by atoms with E-state index in [1.54, 1.807) is 0 Å². The molecule has 0 radical (unpaired) electrons. The van der Waals surface area contributed by atoms with Crippen molar-refractivity contribution in [2.24, 2.45) is 0 Å². The normalized spacial score (nSPS) is 12.3. The smallest absolute Gasteiger partial charge is 0.165 e. The molecule has 0 amide bonds. The highest BCUT2D eigenvalue weighted by atomic mass is 35.5. The van der Waals surface area contributed by atoms with Crippen molar-refractivity contribution in [3.05, 3.63) is 39.8 Å². The predicted molar refractivity (Wildman–Crippen MR) is 112 cm³/mol. The Labute approximate surface area is 170 Å². The van der Waals surface area contributed by atoms with Crippen LogP contribution in [0.5, 0.6) is 5.75 Å². The third kappa shape index (κ3) is 4.65. The summed E-state index contributed by atoms with van der Waals surface area (Å²) in [5.41, 5.74) is 2.23. The summed E-state index contributed by atoms with van der Waals surface area (Å²) in [4.78, 5) is 6.64. The molecule has 2 rings (SSSR count). The third-order valence-corrected chi connectivity index (χ3v) is 5.53. The summed E-state index contributed by atoms with van der Waals surface area (Å²) in [6.45, 7) is 5.59. The second kappa shape index (κ2) is 9.58. The third-order valence-electron chi connectivity index (χ3n) is 4.67. The summed E-state index contributed by atoms with van der Waals surface area (Å²) in [5, 5.41) is 14.0. The SMILES string of the molecule is CCCC(CNC)c1cc(N(C)CC)c(O)c(-c2ccc(F)c(Cl)c2Cl)n1. The zero-order valence-electron chi connectivity index (χ0n) is 16.1. The molecule has 0 saturated carbocycles. The lowest BCUT2D eigenvalue weighted by molar-refractivity contribution is 0.472. The van der Waals surface area contributed by atoms with Gasteiger partial charge in [-0.2, -0.15) is 0 Å². The molecule has 0 spiro atoms.